The first-order chi connectivity index (χ1) is 13.2. The van der Waals surface area contributed by atoms with Gasteiger partial charge in [0.1, 0.15) is 18.1 Å². The van der Waals surface area contributed by atoms with Crippen LogP contribution in [-0.2, 0) is 14.8 Å². The highest BCUT2D eigenvalue weighted by atomic mass is 32.2. The molecule has 1 unspecified atom stereocenters. The third-order valence-corrected chi connectivity index (χ3v) is 5.25. The van der Waals surface area contributed by atoms with Crippen molar-refractivity contribution >= 4 is 21.6 Å². The van der Waals surface area contributed by atoms with Crippen molar-refractivity contribution in [3.63, 3.8) is 0 Å². The minimum Gasteiger partial charge on any atom is -0.492 e. The Balaban J connectivity index is 1.78. The van der Waals surface area contributed by atoms with Crippen LogP contribution in [-0.4, -0.2) is 46.9 Å². The maximum Gasteiger partial charge on any atom is 0.260 e. The van der Waals surface area contributed by atoms with Crippen molar-refractivity contribution in [3.8, 4) is 11.5 Å². The topological polar surface area (TPSA) is 84.9 Å². The molecule has 1 N–H and O–H groups in total. The molecule has 0 aliphatic rings. The number of sulfonamides is 1. The van der Waals surface area contributed by atoms with E-state index in [4.69, 9.17) is 9.47 Å². The molecule has 28 heavy (non-hydrogen) atoms. The monoisotopic (exact) mass is 406 g/mol. The molecule has 0 saturated carbocycles. The van der Waals surface area contributed by atoms with Crippen molar-refractivity contribution in [2.24, 2.45) is 0 Å². The summed E-state index contributed by atoms with van der Waals surface area (Å²) in [4.78, 5) is 12.1. The molecule has 0 spiro atoms. The van der Waals surface area contributed by atoms with Gasteiger partial charge in [-0.1, -0.05) is 12.1 Å². The van der Waals surface area contributed by atoms with Gasteiger partial charge in [-0.3, -0.25) is 9.10 Å². The molecular formula is C20H26N2O5S. The van der Waals surface area contributed by atoms with Crippen LogP contribution < -0.4 is 19.1 Å². The molecule has 0 heterocycles. The van der Waals surface area contributed by atoms with Crippen LogP contribution >= 0.6 is 0 Å². The molecule has 0 bridgehead atoms. The number of anilines is 1. The molecule has 0 aromatic heterocycles. The summed E-state index contributed by atoms with van der Waals surface area (Å²) >= 11 is 0. The van der Waals surface area contributed by atoms with Gasteiger partial charge in [-0.15, -0.1) is 0 Å². The van der Waals surface area contributed by atoms with Gasteiger partial charge in [-0.05, 0) is 55.8 Å². The van der Waals surface area contributed by atoms with Gasteiger partial charge >= 0.3 is 0 Å². The zero-order chi connectivity index (χ0) is 20.7. The Bertz CT molecular complexity index is 897. The fourth-order valence-electron chi connectivity index (χ4n) is 2.38. The van der Waals surface area contributed by atoms with Crippen LogP contribution in [0.3, 0.4) is 0 Å². The summed E-state index contributed by atoms with van der Waals surface area (Å²) in [5.74, 6) is 0.979. The number of carbonyl (C=O) groups excluding carboxylic acids is 1. The second kappa shape index (κ2) is 9.45. The van der Waals surface area contributed by atoms with Crippen molar-refractivity contribution in [3.05, 3.63) is 54.1 Å². The molecule has 0 aliphatic carbocycles. The molecule has 0 saturated heterocycles. The van der Waals surface area contributed by atoms with E-state index in [1.54, 1.807) is 31.2 Å². The number of carbonyl (C=O) groups is 1. The van der Waals surface area contributed by atoms with Crippen LogP contribution in [0, 0.1) is 6.92 Å². The van der Waals surface area contributed by atoms with Crippen molar-refractivity contribution in [2.45, 2.75) is 20.0 Å². The number of aryl methyl sites for hydroxylation is 1. The van der Waals surface area contributed by atoms with Crippen molar-refractivity contribution in [2.75, 3.05) is 30.8 Å². The zero-order valence-electron chi connectivity index (χ0n) is 16.5. The summed E-state index contributed by atoms with van der Waals surface area (Å²) < 4.78 is 35.5. The smallest absolute Gasteiger partial charge is 0.260 e. The number of ether oxygens (including phenoxy) is 2. The summed E-state index contributed by atoms with van der Waals surface area (Å²) in [6.07, 6.45) is 0.435. The van der Waals surface area contributed by atoms with Gasteiger partial charge < -0.3 is 14.8 Å². The highest BCUT2D eigenvalue weighted by Crippen LogP contribution is 2.21. The minimum absolute atomic E-state index is 0.259. The van der Waals surface area contributed by atoms with Gasteiger partial charge in [0, 0.05) is 7.05 Å². The van der Waals surface area contributed by atoms with E-state index < -0.39 is 16.1 Å². The van der Waals surface area contributed by atoms with Gasteiger partial charge in [0.15, 0.2) is 6.10 Å². The first-order valence-corrected chi connectivity index (χ1v) is 10.7. The third kappa shape index (κ3) is 6.45. The molecule has 2 rings (SSSR count). The van der Waals surface area contributed by atoms with Gasteiger partial charge in [0.2, 0.25) is 10.0 Å². The molecule has 1 amide bonds. The van der Waals surface area contributed by atoms with E-state index in [-0.39, 0.29) is 5.91 Å². The fraction of sp³-hybridized carbons (Fsp3) is 0.350. The van der Waals surface area contributed by atoms with Crippen LogP contribution in [0.4, 0.5) is 5.69 Å². The Hall–Kier alpha value is -2.74. The lowest BCUT2D eigenvalue weighted by Gasteiger charge is -2.18. The van der Waals surface area contributed by atoms with E-state index in [1.807, 2.05) is 31.2 Å². The van der Waals surface area contributed by atoms with Crippen molar-refractivity contribution < 1.29 is 22.7 Å². The summed E-state index contributed by atoms with van der Waals surface area (Å²) in [6, 6.07) is 14.2. The highest BCUT2D eigenvalue weighted by Gasteiger charge is 2.15. The lowest BCUT2D eigenvalue weighted by atomic mass is 10.2. The van der Waals surface area contributed by atoms with Crippen LogP contribution in [0.5, 0.6) is 11.5 Å². The Morgan fingerprint density at radius 2 is 1.82 bits per heavy atom. The van der Waals surface area contributed by atoms with Crippen molar-refractivity contribution in [1.29, 1.82) is 0 Å². The summed E-state index contributed by atoms with van der Waals surface area (Å²) in [5, 5.41) is 2.76. The second-order valence-electron chi connectivity index (χ2n) is 6.44. The first kappa shape index (κ1) is 21.6. The number of nitrogens with one attached hydrogen (secondary N) is 1. The number of hydrogen-bond donors (Lipinski definition) is 1. The average Bonchev–Trinajstić information content (AvgIpc) is 2.64. The molecule has 152 valence electrons. The maximum atomic E-state index is 12.1. The quantitative estimate of drug-likeness (QED) is 0.646. The van der Waals surface area contributed by atoms with Crippen LogP contribution in [0.1, 0.15) is 12.5 Å². The normalized spacial score (nSPS) is 12.1. The molecule has 0 radical (unpaired) electrons. The Kier molecular flexibility index (Phi) is 7.28. The predicted molar refractivity (Wildman–Crippen MR) is 109 cm³/mol. The Labute approximate surface area is 166 Å². The van der Waals surface area contributed by atoms with Crippen LogP contribution in [0.25, 0.3) is 0 Å². The van der Waals surface area contributed by atoms with E-state index in [1.165, 1.54) is 11.4 Å². The summed E-state index contributed by atoms with van der Waals surface area (Å²) in [6.45, 7) is 4.35. The molecule has 2 aromatic carbocycles. The van der Waals surface area contributed by atoms with Crippen LogP contribution in [0.15, 0.2) is 48.5 Å². The Morgan fingerprint density at radius 1 is 1.14 bits per heavy atom. The molecule has 7 nitrogen and oxygen atoms in total. The van der Waals surface area contributed by atoms with E-state index in [0.717, 1.165) is 17.6 Å². The van der Waals surface area contributed by atoms with Gasteiger partial charge in [-0.2, -0.15) is 0 Å². The maximum absolute atomic E-state index is 12.1. The molecule has 0 fully saturated rings. The van der Waals surface area contributed by atoms with Gasteiger partial charge in [0.05, 0.1) is 18.5 Å². The third-order valence-electron chi connectivity index (χ3n) is 4.04. The number of benzene rings is 2. The standard InChI is InChI=1S/C20H26N2O5S/c1-15-6-5-7-19(14-15)26-13-12-21-20(23)16(2)27-18-10-8-17(9-11-18)22(3)28(4,24)25/h5-11,14,16H,12-13H2,1-4H3,(H,21,23). The van der Waals surface area contributed by atoms with E-state index in [0.29, 0.717) is 24.6 Å². The number of rotatable bonds is 9. The fourth-order valence-corrected chi connectivity index (χ4v) is 2.88. The molecule has 2 aromatic rings. The van der Waals surface area contributed by atoms with Crippen molar-refractivity contribution in [1.82, 2.24) is 5.32 Å². The van der Waals surface area contributed by atoms with E-state index in [9.17, 15) is 13.2 Å². The summed E-state index contributed by atoms with van der Waals surface area (Å²) in [7, 11) is -1.85. The SMILES string of the molecule is Cc1cccc(OCCNC(=O)C(C)Oc2ccc(N(C)S(C)(=O)=O)cc2)c1. The lowest BCUT2D eigenvalue weighted by molar-refractivity contribution is -0.127. The number of amides is 1. The zero-order valence-corrected chi connectivity index (χ0v) is 17.3. The largest absolute Gasteiger partial charge is 0.492 e. The summed E-state index contributed by atoms with van der Waals surface area (Å²) in [5.41, 5.74) is 1.62. The predicted octanol–water partition coefficient (Wildman–Crippen LogP) is 2.35. The van der Waals surface area contributed by atoms with Gasteiger partial charge in [0.25, 0.3) is 5.91 Å². The Morgan fingerprint density at radius 3 is 2.43 bits per heavy atom. The second-order valence-corrected chi connectivity index (χ2v) is 8.45. The molecular weight excluding hydrogens is 380 g/mol. The molecule has 0 aliphatic heterocycles. The number of nitrogens with zero attached hydrogens (tertiary/aromatic N) is 1. The average molecular weight is 407 g/mol. The van der Waals surface area contributed by atoms with E-state index in [2.05, 4.69) is 5.32 Å². The van der Waals surface area contributed by atoms with Gasteiger partial charge in [-0.25, -0.2) is 8.42 Å². The highest BCUT2D eigenvalue weighted by molar-refractivity contribution is 7.92. The van der Waals surface area contributed by atoms with Crippen LogP contribution in [0.2, 0.25) is 0 Å². The van der Waals surface area contributed by atoms with E-state index >= 15 is 0 Å². The lowest BCUT2D eigenvalue weighted by Crippen LogP contribution is -2.38. The molecule has 8 heteroatoms. The number of hydrogen-bond acceptors (Lipinski definition) is 5. The molecule has 1 atom stereocenters. The first-order valence-electron chi connectivity index (χ1n) is 8.84. The minimum atomic E-state index is -3.32.